The number of hydrogen-bond acceptors (Lipinski definition) is 1. The van der Waals surface area contributed by atoms with E-state index in [0.717, 1.165) is 6.42 Å². The van der Waals surface area contributed by atoms with Gasteiger partial charge >= 0.3 is 0 Å². The summed E-state index contributed by atoms with van der Waals surface area (Å²) in [6.45, 7) is 6.16. The number of fused-ring (bicyclic) bond motifs is 1. The van der Waals surface area contributed by atoms with E-state index in [2.05, 4.69) is 30.1 Å². The lowest BCUT2D eigenvalue weighted by Crippen LogP contribution is -1.84. The van der Waals surface area contributed by atoms with Crippen LogP contribution in [0.4, 0.5) is 0 Å². The van der Waals surface area contributed by atoms with Crippen LogP contribution in [0.25, 0.3) is 10.8 Å². The van der Waals surface area contributed by atoms with E-state index in [4.69, 9.17) is 0 Å². The van der Waals surface area contributed by atoms with Gasteiger partial charge in [0.25, 0.3) is 0 Å². The maximum atomic E-state index is 4.18. The number of benzene rings is 1. The molecule has 1 heteroatoms. The average molecular weight is 187 g/mol. The van der Waals surface area contributed by atoms with E-state index in [1.807, 2.05) is 32.3 Å². The van der Waals surface area contributed by atoms with Crippen LogP contribution in [0, 0.1) is 0 Å². The molecule has 2 aromatic rings. The number of rotatable bonds is 1. The minimum absolute atomic E-state index is 1.05. The third kappa shape index (κ3) is 2.11. The topological polar surface area (TPSA) is 12.9 Å². The van der Waals surface area contributed by atoms with Gasteiger partial charge < -0.3 is 0 Å². The van der Waals surface area contributed by atoms with Gasteiger partial charge in [0.05, 0.1) is 0 Å². The third-order valence-corrected chi connectivity index (χ3v) is 2.13. The highest BCUT2D eigenvalue weighted by atomic mass is 14.6. The molecule has 1 heterocycles. The molecule has 0 saturated heterocycles. The second-order valence-electron chi connectivity index (χ2n) is 2.87. The van der Waals surface area contributed by atoms with Gasteiger partial charge in [-0.15, -0.1) is 0 Å². The Balaban J connectivity index is 0.000000461. The van der Waals surface area contributed by atoms with E-state index in [0.29, 0.717) is 0 Å². The minimum Gasteiger partial charge on any atom is -0.264 e. The van der Waals surface area contributed by atoms with E-state index in [1.165, 1.54) is 16.3 Å². The van der Waals surface area contributed by atoms with E-state index in [1.54, 1.807) is 0 Å². The molecule has 0 fully saturated rings. The number of aromatic nitrogens is 1. The lowest BCUT2D eigenvalue weighted by Gasteiger charge is -2.01. The molecule has 0 aliphatic heterocycles. The van der Waals surface area contributed by atoms with Crippen molar-refractivity contribution in [3.05, 3.63) is 42.2 Å². The van der Waals surface area contributed by atoms with Crippen LogP contribution in [0.15, 0.2) is 36.7 Å². The summed E-state index contributed by atoms with van der Waals surface area (Å²) in [6, 6.07) is 8.36. The highest BCUT2D eigenvalue weighted by Crippen LogP contribution is 2.16. The molecule has 1 nitrogen and oxygen atoms in total. The van der Waals surface area contributed by atoms with Crippen molar-refractivity contribution in [2.45, 2.75) is 27.2 Å². The molecule has 0 aliphatic carbocycles. The quantitative estimate of drug-likeness (QED) is 0.661. The Morgan fingerprint density at radius 3 is 2.50 bits per heavy atom. The maximum Gasteiger partial charge on any atom is 0.0346 e. The Kier molecular flexibility index (Phi) is 4.11. The van der Waals surface area contributed by atoms with Crippen molar-refractivity contribution in [2.75, 3.05) is 0 Å². The molecular weight excluding hydrogens is 170 g/mol. The molecule has 0 atom stereocenters. The standard InChI is InChI=1S/C11H11N.C2H6/c1-2-9-7-12-8-10-5-3-4-6-11(9)10;1-2/h3-8H,2H2,1H3;1-2H3. The molecule has 0 saturated carbocycles. The molecule has 0 unspecified atom stereocenters. The third-order valence-electron chi connectivity index (χ3n) is 2.13. The van der Waals surface area contributed by atoms with Gasteiger partial charge in [-0.1, -0.05) is 45.0 Å². The van der Waals surface area contributed by atoms with Gasteiger partial charge in [-0.05, 0) is 17.4 Å². The van der Waals surface area contributed by atoms with E-state index < -0.39 is 0 Å². The predicted molar refractivity (Wildman–Crippen MR) is 62.5 cm³/mol. The molecule has 2 rings (SSSR count). The molecule has 0 spiro atoms. The van der Waals surface area contributed by atoms with E-state index in [9.17, 15) is 0 Å². The zero-order chi connectivity index (χ0) is 10.4. The van der Waals surface area contributed by atoms with E-state index >= 15 is 0 Å². The molecule has 0 bridgehead atoms. The first kappa shape index (κ1) is 10.7. The summed E-state index contributed by atoms with van der Waals surface area (Å²) < 4.78 is 0. The van der Waals surface area contributed by atoms with E-state index in [-0.39, 0.29) is 0 Å². The Labute approximate surface area is 85.8 Å². The average Bonchev–Trinajstić information content (AvgIpc) is 2.31. The molecular formula is C13H17N. The smallest absolute Gasteiger partial charge is 0.0346 e. The summed E-state index contributed by atoms with van der Waals surface area (Å²) >= 11 is 0. The number of hydrogen-bond donors (Lipinski definition) is 0. The van der Waals surface area contributed by atoms with Gasteiger partial charge in [0.15, 0.2) is 0 Å². The van der Waals surface area contributed by atoms with Crippen molar-refractivity contribution in [2.24, 2.45) is 0 Å². The van der Waals surface area contributed by atoms with Gasteiger partial charge in [0.2, 0.25) is 0 Å². The van der Waals surface area contributed by atoms with Gasteiger partial charge in [0, 0.05) is 17.8 Å². The molecule has 0 N–H and O–H groups in total. The number of aryl methyl sites for hydroxylation is 1. The molecule has 0 radical (unpaired) electrons. The number of nitrogens with zero attached hydrogens (tertiary/aromatic N) is 1. The fraction of sp³-hybridized carbons (Fsp3) is 0.308. The van der Waals surface area contributed by atoms with Crippen LogP contribution in [0.2, 0.25) is 0 Å². The van der Waals surface area contributed by atoms with Gasteiger partial charge in [-0.3, -0.25) is 4.98 Å². The number of pyridine rings is 1. The summed E-state index contributed by atoms with van der Waals surface area (Å²) in [5.41, 5.74) is 1.33. The van der Waals surface area contributed by atoms with Gasteiger partial charge in [0.1, 0.15) is 0 Å². The van der Waals surface area contributed by atoms with Crippen LogP contribution in [0.5, 0.6) is 0 Å². The van der Waals surface area contributed by atoms with Crippen molar-refractivity contribution in [3.63, 3.8) is 0 Å². The van der Waals surface area contributed by atoms with Crippen molar-refractivity contribution in [1.82, 2.24) is 4.98 Å². The lowest BCUT2D eigenvalue weighted by atomic mass is 10.1. The van der Waals surface area contributed by atoms with Crippen LogP contribution < -0.4 is 0 Å². The zero-order valence-electron chi connectivity index (χ0n) is 9.12. The Morgan fingerprint density at radius 1 is 1.07 bits per heavy atom. The maximum absolute atomic E-state index is 4.18. The fourth-order valence-corrected chi connectivity index (χ4v) is 1.46. The highest BCUT2D eigenvalue weighted by molar-refractivity contribution is 5.84. The summed E-state index contributed by atoms with van der Waals surface area (Å²) in [6.07, 6.45) is 4.91. The van der Waals surface area contributed by atoms with Crippen LogP contribution >= 0.6 is 0 Å². The summed E-state index contributed by atoms with van der Waals surface area (Å²) in [4.78, 5) is 4.18. The van der Waals surface area contributed by atoms with Crippen LogP contribution in [0.1, 0.15) is 26.3 Å². The molecule has 74 valence electrons. The molecule has 1 aromatic heterocycles. The van der Waals surface area contributed by atoms with Crippen LogP contribution in [-0.2, 0) is 6.42 Å². The SMILES string of the molecule is CC.CCc1cncc2ccccc12. The molecule has 0 aliphatic rings. The highest BCUT2D eigenvalue weighted by Gasteiger charge is 1.96. The van der Waals surface area contributed by atoms with Crippen molar-refractivity contribution >= 4 is 10.8 Å². The minimum atomic E-state index is 1.05. The molecule has 0 amide bonds. The summed E-state index contributed by atoms with van der Waals surface area (Å²) in [7, 11) is 0. The molecule has 1 aromatic carbocycles. The monoisotopic (exact) mass is 187 g/mol. The summed E-state index contributed by atoms with van der Waals surface area (Å²) in [5.74, 6) is 0. The van der Waals surface area contributed by atoms with Crippen LogP contribution in [0.3, 0.4) is 0 Å². The van der Waals surface area contributed by atoms with Crippen molar-refractivity contribution < 1.29 is 0 Å². The lowest BCUT2D eigenvalue weighted by molar-refractivity contribution is 1.13. The normalized spacial score (nSPS) is 9.36. The summed E-state index contributed by atoms with van der Waals surface area (Å²) in [5, 5.41) is 2.56. The second-order valence-corrected chi connectivity index (χ2v) is 2.87. The Morgan fingerprint density at radius 2 is 1.79 bits per heavy atom. The first-order chi connectivity index (χ1) is 6.92. The van der Waals surface area contributed by atoms with Crippen molar-refractivity contribution in [1.29, 1.82) is 0 Å². The van der Waals surface area contributed by atoms with Gasteiger partial charge in [-0.25, -0.2) is 0 Å². The first-order valence-corrected chi connectivity index (χ1v) is 5.23. The van der Waals surface area contributed by atoms with Gasteiger partial charge in [-0.2, -0.15) is 0 Å². The van der Waals surface area contributed by atoms with Crippen LogP contribution in [-0.4, -0.2) is 4.98 Å². The zero-order valence-corrected chi connectivity index (χ0v) is 9.12. The Hall–Kier alpha value is -1.37. The first-order valence-electron chi connectivity index (χ1n) is 5.23. The second kappa shape index (κ2) is 5.38. The fourth-order valence-electron chi connectivity index (χ4n) is 1.46. The molecule has 14 heavy (non-hydrogen) atoms. The predicted octanol–water partition coefficient (Wildman–Crippen LogP) is 3.82. The van der Waals surface area contributed by atoms with Crippen molar-refractivity contribution in [3.8, 4) is 0 Å². The Bertz CT molecular complexity index is 388. The largest absolute Gasteiger partial charge is 0.264 e.